The summed E-state index contributed by atoms with van der Waals surface area (Å²) in [7, 11) is 0. The maximum Gasteiger partial charge on any atom is 0.120 e. The Balaban J connectivity index is 1.75. The van der Waals surface area contributed by atoms with Gasteiger partial charge in [-0.05, 0) is 51.8 Å². The topological polar surface area (TPSA) is 37.2 Å². The monoisotopic (exact) mass is 250 g/mol. The van der Waals surface area contributed by atoms with Gasteiger partial charge in [0.25, 0.3) is 0 Å². The van der Waals surface area contributed by atoms with Crippen molar-refractivity contribution in [3.8, 4) is 0 Å². The molecule has 1 aliphatic heterocycles. The van der Waals surface area contributed by atoms with Crippen LogP contribution in [0.25, 0.3) is 0 Å². The number of hydrogen-bond acceptors (Lipinski definition) is 3. The van der Waals surface area contributed by atoms with Crippen LogP contribution in [0, 0.1) is 0 Å². The van der Waals surface area contributed by atoms with Gasteiger partial charge in [-0.3, -0.25) is 0 Å². The number of nitrogens with one attached hydrogen (secondary N) is 2. The van der Waals surface area contributed by atoms with Gasteiger partial charge in [-0.1, -0.05) is 12.8 Å². The minimum Gasteiger partial charge on any atom is -0.468 e. The maximum atomic E-state index is 5.43. The molecule has 1 saturated heterocycles. The average molecular weight is 250 g/mol. The van der Waals surface area contributed by atoms with E-state index < -0.39 is 0 Å². The summed E-state index contributed by atoms with van der Waals surface area (Å²) in [6.45, 7) is 5.62. The van der Waals surface area contributed by atoms with Crippen LogP contribution in [0.1, 0.15) is 57.8 Å². The smallest absolute Gasteiger partial charge is 0.120 e. The van der Waals surface area contributed by atoms with Gasteiger partial charge < -0.3 is 15.1 Å². The van der Waals surface area contributed by atoms with Crippen molar-refractivity contribution >= 4 is 0 Å². The molecule has 0 aromatic carbocycles. The molecule has 3 heteroatoms. The van der Waals surface area contributed by atoms with E-state index in [1.165, 1.54) is 38.6 Å². The van der Waals surface area contributed by atoms with E-state index in [-0.39, 0.29) is 0 Å². The first-order valence-electron chi connectivity index (χ1n) is 7.28. The summed E-state index contributed by atoms with van der Waals surface area (Å²) in [4.78, 5) is 0. The van der Waals surface area contributed by atoms with Crippen LogP contribution in [0.4, 0.5) is 0 Å². The van der Waals surface area contributed by atoms with Crippen LogP contribution in [0.15, 0.2) is 22.8 Å². The summed E-state index contributed by atoms with van der Waals surface area (Å²) in [6.07, 6.45) is 8.35. The molecule has 0 bridgehead atoms. The Hall–Kier alpha value is -0.800. The zero-order valence-corrected chi connectivity index (χ0v) is 11.6. The van der Waals surface area contributed by atoms with E-state index in [1.54, 1.807) is 6.26 Å². The van der Waals surface area contributed by atoms with E-state index >= 15 is 0 Å². The molecule has 102 valence electrons. The lowest BCUT2D eigenvalue weighted by Crippen LogP contribution is -2.37. The molecule has 0 spiro atoms. The Morgan fingerprint density at radius 1 is 1.39 bits per heavy atom. The molecular weight excluding hydrogens is 224 g/mol. The molecule has 0 radical (unpaired) electrons. The molecule has 2 rings (SSSR count). The Bertz CT molecular complexity index is 315. The summed E-state index contributed by atoms with van der Waals surface area (Å²) >= 11 is 0. The molecule has 1 fully saturated rings. The van der Waals surface area contributed by atoms with Crippen molar-refractivity contribution in [3.05, 3.63) is 24.2 Å². The summed E-state index contributed by atoms with van der Waals surface area (Å²) in [5.41, 5.74) is 0. The summed E-state index contributed by atoms with van der Waals surface area (Å²) in [6, 6.07) is 5.47. The molecule has 2 heterocycles. The fourth-order valence-corrected chi connectivity index (χ4v) is 2.84. The Morgan fingerprint density at radius 2 is 2.28 bits per heavy atom. The van der Waals surface area contributed by atoms with Crippen molar-refractivity contribution < 1.29 is 4.42 Å². The minimum absolute atomic E-state index is 0.292. The van der Waals surface area contributed by atoms with Gasteiger partial charge >= 0.3 is 0 Å². The molecule has 2 N–H and O–H groups in total. The fraction of sp³-hybridized carbons (Fsp3) is 0.733. The third-order valence-corrected chi connectivity index (χ3v) is 3.80. The number of hydrogen-bond donors (Lipinski definition) is 2. The minimum atomic E-state index is 0.292. The highest BCUT2D eigenvalue weighted by molar-refractivity contribution is 5.03. The fourth-order valence-electron chi connectivity index (χ4n) is 2.84. The Labute approximate surface area is 110 Å². The lowest BCUT2D eigenvalue weighted by atomic mass is 10.0. The second kappa shape index (κ2) is 6.95. The molecule has 2 unspecified atom stereocenters. The molecule has 18 heavy (non-hydrogen) atoms. The van der Waals surface area contributed by atoms with Crippen LogP contribution in [0.2, 0.25) is 0 Å². The van der Waals surface area contributed by atoms with Crippen molar-refractivity contribution in [2.24, 2.45) is 0 Å². The highest BCUT2D eigenvalue weighted by Gasteiger charge is 2.17. The first kappa shape index (κ1) is 13.6. The van der Waals surface area contributed by atoms with Gasteiger partial charge in [0.15, 0.2) is 0 Å². The normalized spacial score (nSPS) is 24.4. The van der Waals surface area contributed by atoms with Gasteiger partial charge in [-0.15, -0.1) is 0 Å². The van der Waals surface area contributed by atoms with E-state index in [4.69, 9.17) is 4.42 Å². The lowest BCUT2D eigenvalue weighted by molar-refractivity contribution is 0.353. The van der Waals surface area contributed by atoms with Crippen molar-refractivity contribution in [1.82, 2.24) is 10.6 Å². The van der Waals surface area contributed by atoms with Gasteiger partial charge in [-0.2, -0.15) is 0 Å². The highest BCUT2D eigenvalue weighted by Crippen LogP contribution is 2.16. The van der Waals surface area contributed by atoms with Crippen LogP contribution in [-0.4, -0.2) is 18.6 Å². The first-order valence-corrected chi connectivity index (χ1v) is 7.28. The van der Waals surface area contributed by atoms with Crippen LogP contribution in [0.5, 0.6) is 0 Å². The summed E-state index contributed by atoms with van der Waals surface area (Å²) < 4.78 is 5.43. The van der Waals surface area contributed by atoms with Crippen LogP contribution in [0.3, 0.4) is 0 Å². The lowest BCUT2D eigenvalue weighted by Gasteiger charge is -2.23. The van der Waals surface area contributed by atoms with Gasteiger partial charge in [0.2, 0.25) is 0 Å². The largest absolute Gasteiger partial charge is 0.468 e. The molecule has 1 aromatic heterocycles. The predicted octanol–water partition coefficient (Wildman–Crippen LogP) is 3.24. The van der Waals surface area contributed by atoms with Crippen molar-refractivity contribution in [3.63, 3.8) is 0 Å². The average Bonchev–Trinajstić information content (AvgIpc) is 2.76. The van der Waals surface area contributed by atoms with E-state index in [1.807, 2.05) is 12.1 Å². The highest BCUT2D eigenvalue weighted by atomic mass is 16.3. The Kier molecular flexibility index (Phi) is 5.26. The van der Waals surface area contributed by atoms with E-state index in [9.17, 15) is 0 Å². The van der Waals surface area contributed by atoms with Crippen molar-refractivity contribution in [2.75, 3.05) is 6.54 Å². The molecule has 3 atom stereocenters. The predicted molar refractivity (Wildman–Crippen MR) is 74.6 cm³/mol. The molecular formula is C15H26N2O. The molecule has 0 amide bonds. The van der Waals surface area contributed by atoms with E-state index in [0.717, 1.165) is 5.76 Å². The Morgan fingerprint density at radius 3 is 3.06 bits per heavy atom. The SMILES string of the molecule is CC(CC1CCCCCN1)N[C@@H](C)c1ccco1. The second-order valence-corrected chi connectivity index (χ2v) is 5.54. The maximum absolute atomic E-state index is 5.43. The molecule has 1 aliphatic rings. The van der Waals surface area contributed by atoms with Gasteiger partial charge in [0.1, 0.15) is 5.76 Å². The van der Waals surface area contributed by atoms with Gasteiger partial charge in [-0.25, -0.2) is 0 Å². The summed E-state index contributed by atoms with van der Waals surface area (Å²) in [5, 5.41) is 7.27. The molecule has 3 nitrogen and oxygen atoms in total. The van der Waals surface area contributed by atoms with E-state index in [2.05, 4.69) is 24.5 Å². The quantitative estimate of drug-likeness (QED) is 0.842. The molecule has 1 aromatic rings. The molecule has 0 saturated carbocycles. The second-order valence-electron chi connectivity index (χ2n) is 5.54. The first-order chi connectivity index (χ1) is 8.75. The van der Waals surface area contributed by atoms with Crippen molar-refractivity contribution in [2.45, 2.75) is 64.1 Å². The van der Waals surface area contributed by atoms with Gasteiger partial charge in [0, 0.05) is 12.1 Å². The van der Waals surface area contributed by atoms with E-state index in [0.29, 0.717) is 18.1 Å². The number of furan rings is 1. The zero-order valence-electron chi connectivity index (χ0n) is 11.6. The molecule has 0 aliphatic carbocycles. The summed E-state index contributed by atoms with van der Waals surface area (Å²) in [5.74, 6) is 1.02. The van der Waals surface area contributed by atoms with Crippen molar-refractivity contribution in [1.29, 1.82) is 0 Å². The van der Waals surface area contributed by atoms with Crippen LogP contribution >= 0.6 is 0 Å². The number of rotatable bonds is 5. The van der Waals surface area contributed by atoms with Crippen LogP contribution < -0.4 is 10.6 Å². The zero-order chi connectivity index (χ0) is 12.8. The third-order valence-electron chi connectivity index (χ3n) is 3.80. The van der Waals surface area contributed by atoms with Gasteiger partial charge in [0.05, 0.1) is 12.3 Å². The third kappa shape index (κ3) is 4.14. The van der Waals surface area contributed by atoms with Crippen LogP contribution in [-0.2, 0) is 0 Å². The standard InChI is InChI=1S/C15H26N2O/c1-12(11-14-7-4-3-5-9-16-14)17-13(2)15-8-6-10-18-15/h6,8,10,12-14,16-17H,3-5,7,9,11H2,1-2H3/t12?,13-,14?/m0/s1.